The molecule has 0 atom stereocenters. The molecule has 0 saturated heterocycles. The first-order valence-electron chi connectivity index (χ1n) is 5.00. The van der Waals surface area contributed by atoms with Crippen LogP contribution >= 0.6 is 0 Å². The van der Waals surface area contributed by atoms with Crippen LogP contribution in [0.1, 0.15) is 11.4 Å². The summed E-state index contributed by atoms with van der Waals surface area (Å²) in [6.07, 6.45) is -1.02. The maximum absolute atomic E-state index is 11.1. The minimum Gasteiger partial charge on any atom is -0.465 e. The number of H-pyrrole nitrogens is 1. The third-order valence-electron chi connectivity index (χ3n) is 2.21. The van der Waals surface area contributed by atoms with Gasteiger partial charge in [-0.2, -0.15) is 5.21 Å². The lowest BCUT2D eigenvalue weighted by Gasteiger charge is -2.17. The monoisotopic (exact) mass is 233 g/mol. The van der Waals surface area contributed by atoms with Gasteiger partial charge in [0.05, 0.1) is 6.54 Å². The van der Waals surface area contributed by atoms with Crippen LogP contribution in [0, 0.1) is 0 Å². The topological polar surface area (TPSA) is 95.0 Å². The highest BCUT2D eigenvalue weighted by molar-refractivity contribution is 5.64. The van der Waals surface area contributed by atoms with Crippen LogP contribution < -0.4 is 0 Å². The summed E-state index contributed by atoms with van der Waals surface area (Å²) in [6, 6.07) is 9.35. The smallest absolute Gasteiger partial charge is 0.408 e. The molecular formula is C10H11N5O2. The molecule has 0 aliphatic rings. The number of hydrogen-bond donors (Lipinski definition) is 2. The van der Waals surface area contributed by atoms with Gasteiger partial charge in [-0.1, -0.05) is 35.5 Å². The van der Waals surface area contributed by atoms with Crippen molar-refractivity contribution in [1.82, 2.24) is 25.5 Å². The van der Waals surface area contributed by atoms with Crippen LogP contribution in [-0.2, 0) is 13.1 Å². The largest absolute Gasteiger partial charge is 0.465 e. The minimum atomic E-state index is -1.02. The summed E-state index contributed by atoms with van der Waals surface area (Å²) in [5.41, 5.74) is 0.915. The number of tetrazole rings is 1. The van der Waals surface area contributed by atoms with Crippen LogP contribution in [0.4, 0.5) is 4.79 Å². The average molecular weight is 233 g/mol. The highest BCUT2D eigenvalue weighted by Crippen LogP contribution is 2.07. The Bertz CT molecular complexity index is 471. The Morgan fingerprint density at radius 1 is 1.29 bits per heavy atom. The van der Waals surface area contributed by atoms with Crippen molar-refractivity contribution in [3.63, 3.8) is 0 Å². The number of hydrogen-bond acceptors (Lipinski definition) is 4. The van der Waals surface area contributed by atoms with Gasteiger partial charge < -0.3 is 5.11 Å². The fourth-order valence-electron chi connectivity index (χ4n) is 1.42. The molecule has 2 N–H and O–H groups in total. The van der Waals surface area contributed by atoms with Crippen molar-refractivity contribution in [1.29, 1.82) is 0 Å². The van der Waals surface area contributed by atoms with Crippen molar-refractivity contribution in [2.75, 3.05) is 0 Å². The van der Waals surface area contributed by atoms with Crippen LogP contribution in [0.25, 0.3) is 0 Å². The van der Waals surface area contributed by atoms with Crippen LogP contribution in [0.5, 0.6) is 0 Å². The molecular weight excluding hydrogens is 222 g/mol. The van der Waals surface area contributed by atoms with Gasteiger partial charge in [0.25, 0.3) is 0 Å². The molecule has 0 aliphatic carbocycles. The van der Waals surface area contributed by atoms with E-state index in [1.54, 1.807) is 0 Å². The van der Waals surface area contributed by atoms with Crippen LogP contribution in [-0.4, -0.2) is 36.7 Å². The Labute approximate surface area is 97.1 Å². The van der Waals surface area contributed by atoms with E-state index in [0.717, 1.165) is 5.56 Å². The first-order chi connectivity index (χ1) is 8.25. The molecule has 0 spiro atoms. The Morgan fingerprint density at radius 2 is 2.06 bits per heavy atom. The standard InChI is InChI=1S/C10H11N5O2/c16-10(17)15(7-9-11-13-14-12-9)6-8-4-2-1-3-5-8/h1-5H,6-7H2,(H,16,17)(H,11,12,13,14). The molecule has 1 aromatic carbocycles. The van der Waals surface area contributed by atoms with E-state index in [9.17, 15) is 4.79 Å². The van der Waals surface area contributed by atoms with E-state index < -0.39 is 6.09 Å². The molecule has 0 aliphatic heterocycles. The Balaban J connectivity index is 2.06. The predicted molar refractivity (Wildman–Crippen MR) is 57.9 cm³/mol. The number of carbonyl (C=O) groups is 1. The minimum absolute atomic E-state index is 0.112. The average Bonchev–Trinajstić information content (AvgIpc) is 2.82. The molecule has 0 bridgehead atoms. The van der Waals surface area contributed by atoms with E-state index >= 15 is 0 Å². The lowest BCUT2D eigenvalue weighted by Crippen LogP contribution is -2.28. The van der Waals surface area contributed by atoms with Gasteiger partial charge in [0.1, 0.15) is 0 Å². The molecule has 1 amide bonds. The molecule has 0 fully saturated rings. The maximum Gasteiger partial charge on any atom is 0.408 e. The van der Waals surface area contributed by atoms with Gasteiger partial charge >= 0.3 is 6.09 Å². The van der Waals surface area contributed by atoms with E-state index in [0.29, 0.717) is 12.4 Å². The molecule has 7 heteroatoms. The van der Waals surface area contributed by atoms with Gasteiger partial charge in [0.15, 0.2) is 5.82 Å². The summed E-state index contributed by atoms with van der Waals surface area (Å²) < 4.78 is 0. The van der Waals surface area contributed by atoms with Crippen LogP contribution in [0.3, 0.4) is 0 Å². The van der Waals surface area contributed by atoms with Crippen molar-refractivity contribution >= 4 is 6.09 Å². The zero-order valence-corrected chi connectivity index (χ0v) is 8.95. The zero-order chi connectivity index (χ0) is 12.1. The number of aromatic amines is 1. The molecule has 17 heavy (non-hydrogen) atoms. The normalized spacial score (nSPS) is 10.1. The van der Waals surface area contributed by atoms with Crippen molar-refractivity contribution in [2.24, 2.45) is 0 Å². The van der Waals surface area contributed by atoms with Crippen molar-refractivity contribution < 1.29 is 9.90 Å². The SMILES string of the molecule is O=C(O)N(Cc1ccccc1)Cc1nn[nH]n1. The first-order valence-corrected chi connectivity index (χ1v) is 5.00. The van der Waals surface area contributed by atoms with Gasteiger partial charge in [-0.05, 0) is 5.56 Å². The fourth-order valence-corrected chi connectivity index (χ4v) is 1.42. The van der Waals surface area contributed by atoms with Gasteiger partial charge in [-0.15, -0.1) is 10.2 Å². The van der Waals surface area contributed by atoms with E-state index in [2.05, 4.69) is 20.6 Å². The Hall–Kier alpha value is -2.44. The van der Waals surface area contributed by atoms with Gasteiger partial charge in [-0.25, -0.2) is 4.79 Å². The maximum atomic E-state index is 11.1. The van der Waals surface area contributed by atoms with E-state index in [-0.39, 0.29) is 6.54 Å². The summed E-state index contributed by atoms with van der Waals surface area (Å²) in [5, 5.41) is 22.2. The zero-order valence-electron chi connectivity index (χ0n) is 8.95. The number of rotatable bonds is 4. The van der Waals surface area contributed by atoms with E-state index in [1.165, 1.54) is 4.90 Å². The Morgan fingerprint density at radius 3 is 2.65 bits per heavy atom. The molecule has 1 heterocycles. The molecule has 88 valence electrons. The second-order valence-electron chi connectivity index (χ2n) is 3.45. The molecule has 2 rings (SSSR count). The third-order valence-corrected chi connectivity index (χ3v) is 2.21. The summed E-state index contributed by atoms with van der Waals surface area (Å²) in [7, 11) is 0. The highest BCUT2D eigenvalue weighted by atomic mass is 16.4. The van der Waals surface area contributed by atoms with E-state index in [4.69, 9.17) is 5.11 Å². The lowest BCUT2D eigenvalue weighted by atomic mass is 10.2. The number of amides is 1. The quantitative estimate of drug-likeness (QED) is 0.817. The van der Waals surface area contributed by atoms with Gasteiger partial charge in [-0.3, -0.25) is 4.90 Å². The number of carboxylic acid groups (broad SMARTS) is 1. The lowest BCUT2D eigenvalue weighted by molar-refractivity contribution is 0.138. The summed E-state index contributed by atoms with van der Waals surface area (Å²) in [5.74, 6) is 0.350. The van der Waals surface area contributed by atoms with Crippen molar-refractivity contribution in [2.45, 2.75) is 13.1 Å². The van der Waals surface area contributed by atoms with E-state index in [1.807, 2.05) is 30.3 Å². The second kappa shape index (κ2) is 5.06. The second-order valence-corrected chi connectivity index (χ2v) is 3.45. The summed E-state index contributed by atoms with van der Waals surface area (Å²) in [6.45, 7) is 0.408. The van der Waals surface area contributed by atoms with Crippen molar-refractivity contribution in [3.05, 3.63) is 41.7 Å². The number of nitrogens with zero attached hydrogens (tertiary/aromatic N) is 4. The summed E-state index contributed by atoms with van der Waals surface area (Å²) in [4.78, 5) is 12.3. The molecule has 0 radical (unpaired) electrons. The predicted octanol–water partition coefficient (Wildman–Crippen LogP) is 0.880. The molecule has 7 nitrogen and oxygen atoms in total. The molecule has 0 saturated carbocycles. The highest BCUT2D eigenvalue weighted by Gasteiger charge is 2.14. The number of benzene rings is 1. The van der Waals surface area contributed by atoms with Gasteiger partial charge in [0.2, 0.25) is 0 Å². The fraction of sp³-hybridized carbons (Fsp3) is 0.200. The Kier molecular flexibility index (Phi) is 3.29. The number of aromatic nitrogens is 4. The third kappa shape index (κ3) is 3.00. The van der Waals surface area contributed by atoms with Crippen molar-refractivity contribution in [3.8, 4) is 0 Å². The first kappa shape index (κ1) is 11.1. The molecule has 2 aromatic rings. The molecule has 0 unspecified atom stereocenters. The molecule has 1 aromatic heterocycles. The summed E-state index contributed by atoms with van der Waals surface area (Å²) >= 11 is 0. The van der Waals surface area contributed by atoms with Crippen LogP contribution in [0.2, 0.25) is 0 Å². The van der Waals surface area contributed by atoms with Gasteiger partial charge in [0, 0.05) is 6.54 Å². The van der Waals surface area contributed by atoms with Crippen LogP contribution in [0.15, 0.2) is 30.3 Å². The number of nitrogens with one attached hydrogen (secondary N) is 1.